The van der Waals surface area contributed by atoms with Gasteiger partial charge in [-0.15, -0.1) is 11.8 Å². The van der Waals surface area contributed by atoms with Gasteiger partial charge in [-0.3, -0.25) is 0 Å². The fourth-order valence-corrected chi connectivity index (χ4v) is 6.43. The molecule has 4 rings (SSSR count). The molecule has 4 saturated carbocycles. The van der Waals surface area contributed by atoms with E-state index in [1.165, 1.54) is 0 Å². The highest BCUT2D eigenvalue weighted by Crippen LogP contribution is 2.72. The number of rotatable bonds is 5. The zero-order valence-corrected chi connectivity index (χ0v) is 15.6. The lowest BCUT2D eigenvalue weighted by Gasteiger charge is -2.71. The average Bonchev–Trinajstić information content (AvgIpc) is 2.32. The van der Waals surface area contributed by atoms with Crippen molar-refractivity contribution < 1.29 is 14.9 Å². The first-order chi connectivity index (χ1) is 9.97. The molecule has 0 aromatic rings. The molecule has 0 radical (unpaired) electrons. The van der Waals surface area contributed by atoms with Crippen molar-refractivity contribution in [3.8, 4) is 0 Å². The highest BCUT2D eigenvalue weighted by Gasteiger charge is 2.70. The Morgan fingerprint density at radius 1 is 0.955 bits per heavy atom. The van der Waals surface area contributed by atoms with Crippen molar-refractivity contribution >= 4 is 11.8 Å². The van der Waals surface area contributed by atoms with E-state index in [0.717, 1.165) is 38.5 Å². The van der Waals surface area contributed by atoms with Crippen LogP contribution in [0.4, 0.5) is 0 Å². The normalized spacial score (nSPS) is 44.6. The molecule has 4 aliphatic carbocycles. The van der Waals surface area contributed by atoms with Crippen molar-refractivity contribution in [3.05, 3.63) is 0 Å². The molecule has 22 heavy (non-hydrogen) atoms. The summed E-state index contributed by atoms with van der Waals surface area (Å²) >= 11 is 1.72. The quantitative estimate of drug-likeness (QED) is 0.758. The van der Waals surface area contributed by atoms with Crippen LogP contribution in [0.15, 0.2) is 0 Å². The minimum Gasteiger partial charge on any atom is -0.390 e. The second-order valence-electron chi connectivity index (χ2n) is 9.42. The predicted molar refractivity (Wildman–Crippen MR) is 90.9 cm³/mol. The molecule has 0 heterocycles. The number of thioether (sulfide) groups is 1. The van der Waals surface area contributed by atoms with Crippen LogP contribution in [-0.4, -0.2) is 39.2 Å². The zero-order valence-electron chi connectivity index (χ0n) is 14.7. The fourth-order valence-electron chi connectivity index (χ4n) is 6.06. The van der Waals surface area contributed by atoms with Gasteiger partial charge in [0.2, 0.25) is 0 Å². The zero-order chi connectivity index (χ0) is 16.4. The van der Waals surface area contributed by atoms with Gasteiger partial charge < -0.3 is 14.9 Å². The molecule has 2 unspecified atom stereocenters. The second kappa shape index (κ2) is 4.87. The van der Waals surface area contributed by atoms with Crippen LogP contribution in [0.5, 0.6) is 0 Å². The first-order valence-electron chi connectivity index (χ1n) is 8.54. The summed E-state index contributed by atoms with van der Waals surface area (Å²) < 4.78 is 6.37. The van der Waals surface area contributed by atoms with E-state index in [2.05, 4.69) is 6.26 Å². The SMILES string of the molecule is CSCOC12CC3CC(C(C)(C)O)(C1)CC(C(C)(C)O)(C3)C2. The Balaban J connectivity index is 2.04. The number of hydrogen-bond acceptors (Lipinski definition) is 4. The van der Waals surface area contributed by atoms with Crippen LogP contribution in [0.25, 0.3) is 0 Å². The first kappa shape index (κ1) is 17.1. The average molecular weight is 329 g/mol. The van der Waals surface area contributed by atoms with Gasteiger partial charge in [0.1, 0.15) is 0 Å². The molecule has 4 bridgehead atoms. The maximum Gasteiger partial charge on any atom is 0.0925 e. The monoisotopic (exact) mass is 328 g/mol. The van der Waals surface area contributed by atoms with Gasteiger partial charge in [-0.1, -0.05) is 0 Å². The Bertz CT molecular complexity index is 418. The van der Waals surface area contributed by atoms with Gasteiger partial charge in [0.15, 0.2) is 0 Å². The van der Waals surface area contributed by atoms with Crippen LogP contribution in [-0.2, 0) is 4.74 Å². The van der Waals surface area contributed by atoms with Crippen LogP contribution in [0.3, 0.4) is 0 Å². The van der Waals surface area contributed by atoms with E-state index in [1.807, 2.05) is 27.7 Å². The van der Waals surface area contributed by atoms with Gasteiger partial charge in [0, 0.05) is 10.8 Å². The predicted octanol–water partition coefficient (Wildman–Crippen LogP) is 3.57. The molecule has 4 fully saturated rings. The fraction of sp³-hybridized carbons (Fsp3) is 1.00. The number of hydrogen-bond donors (Lipinski definition) is 2. The Morgan fingerprint density at radius 2 is 1.45 bits per heavy atom. The summed E-state index contributed by atoms with van der Waals surface area (Å²) in [6.45, 7) is 7.84. The maximum atomic E-state index is 11.0. The van der Waals surface area contributed by atoms with Gasteiger partial charge in [-0.2, -0.15) is 0 Å². The molecule has 4 aliphatic rings. The lowest BCUT2D eigenvalue weighted by molar-refractivity contribution is -0.288. The molecular weight excluding hydrogens is 296 g/mol. The Labute approximate surface area is 139 Å². The third kappa shape index (κ3) is 2.37. The molecule has 0 aromatic heterocycles. The van der Waals surface area contributed by atoms with E-state index in [4.69, 9.17) is 4.74 Å². The van der Waals surface area contributed by atoms with E-state index in [9.17, 15) is 10.2 Å². The van der Waals surface area contributed by atoms with Crippen LogP contribution < -0.4 is 0 Å². The largest absolute Gasteiger partial charge is 0.390 e. The third-order valence-electron chi connectivity index (χ3n) is 7.10. The lowest BCUT2D eigenvalue weighted by Crippen LogP contribution is -2.69. The topological polar surface area (TPSA) is 49.7 Å². The van der Waals surface area contributed by atoms with Gasteiger partial charge in [0.05, 0.1) is 22.7 Å². The Hall–Kier alpha value is 0.230. The summed E-state index contributed by atoms with van der Waals surface area (Å²) in [5, 5.41) is 21.9. The van der Waals surface area contributed by atoms with E-state index < -0.39 is 11.2 Å². The van der Waals surface area contributed by atoms with Crippen LogP contribution in [0, 0.1) is 16.7 Å². The van der Waals surface area contributed by atoms with Crippen molar-refractivity contribution in [2.75, 3.05) is 12.2 Å². The molecule has 4 heteroatoms. The Morgan fingerprint density at radius 3 is 1.86 bits per heavy atom. The molecule has 0 aromatic carbocycles. The van der Waals surface area contributed by atoms with Gasteiger partial charge in [-0.05, 0) is 78.4 Å². The minimum atomic E-state index is -0.725. The first-order valence-corrected chi connectivity index (χ1v) is 9.94. The molecule has 128 valence electrons. The number of ether oxygens (including phenoxy) is 1. The van der Waals surface area contributed by atoms with E-state index in [0.29, 0.717) is 11.9 Å². The Kier molecular flexibility index (Phi) is 3.78. The molecule has 3 nitrogen and oxygen atoms in total. The van der Waals surface area contributed by atoms with E-state index >= 15 is 0 Å². The summed E-state index contributed by atoms with van der Waals surface area (Å²) in [4.78, 5) is 0. The summed E-state index contributed by atoms with van der Waals surface area (Å²) in [6, 6.07) is 0. The summed E-state index contributed by atoms with van der Waals surface area (Å²) in [5.74, 6) is 1.27. The number of aliphatic hydroxyl groups is 2. The van der Waals surface area contributed by atoms with Crippen molar-refractivity contribution in [1.82, 2.24) is 0 Å². The lowest BCUT2D eigenvalue weighted by atomic mass is 9.37. The smallest absolute Gasteiger partial charge is 0.0925 e. The maximum absolute atomic E-state index is 11.0. The van der Waals surface area contributed by atoms with Crippen LogP contribution >= 0.6 is 11.8 Å². The summed E-state index contributed by atoms with van der Waals surface area (Å²) in [5.41, 5.74) is -1.84. The highest BCUT2D eigenvalue weighted by atomic mass is 32.2. The summed E-state index contributed by atoms with van der Waals surface area (Å²) in [6.07, 6.45) is 8.14. The minimum absolute atomic E-state index is 0.120. The van der Waals surface area contributed by atoms with Crippen molar-refractivity contribution in [2.45, 2.75) is 83.0 Å². The van der Waals surface area contributed by atoms with E-state index in [1.54, 1.807) is 11.8 Å². The van der Waals surface area contributed by atoms with Crippen LogP contribution in [0.1, 0.15) is 66.2 Å². The van der Waals surface area contributed by atoms with Crippen molar-refractivity contribution in [1.29, 1.82) is 0 Å². The molecule has 0 aliphatic heterocycles. The standard InChI is InChI=1S/C18H32O3S/c1-14(2,19)16-6-13-7-17(9-16,15(3,4)20)11-18(8-13,10-16)21-12-22-5/h13,19-20H,6-12H2,1-5H3. The third-order valence-corrected chi connectivity index (χ3v) is 7.45. The van der Waals surface area contributed by atoms with E-state index in [-0.39, 0.29) is 16.4 Å². The molecule has 2 N–H and O–H groups in total. The molecule has 0 saturated heterocycles. The van der Waals surface area contributed by atoms with Crippen LogP contribution in [0.2, 0.25) is 0 Å². The highest BCUT2D eigenvalue weighted by molar-refractivity contribution is 7.98. The van der Waals surface area contributed by atoms with Gasteiger partial charge >= 0.3 is 0 Å². The van der Waals surface area contributed by atoms with Crippen molar-refractivity contribution in [3.63, 3.8) is 0 Å². The molecule has 0 spiro atoms. The van der Waals surface area contributed by atoms with Gasteiger partial charge in [0.25, 0.3) is 0 Å². The summed E-state index contributed by atoms with van der Waals surface area (Å²) in [7, 11) is 0. The molecule has 0 amide bonds. The van der Waals surface area contributed by atoms with Gasteiger partial charge in [-0.25, -0.2) is 0 Å². The molecular formula is C18H32O3S. The van der Waals surface area contributed by atoms with Crippen molar-refractivity contribution in [2.24, 2.45) is 16.7 Å². The second-order valence-corrected chi connectivity index (χ2v) is 10.2. The molecule has 2 atom stereocenters.